The maximum absolute atomic E-state index is 9.44. The molecule has 1 aromatic rings. The standard InChI is InChI=1S/C10H15NO2S/c1-8-4-2-3-5-9(8)10-6-7-14(12,13)11-10/h2-5,10-13H,6-7H2,1H3. The van der Waals surface area contributed by atoms with Gasteiger partial charge in [-0.1, -0.05) is 24.3 Å². The summed E-state index contributed by atoms with van der Waals surface area (Å²) in [5, 5.41) is 0. The highest BCUT2D eigenvalue weighted by molar-refractivity contribution is 8.22. The first-order chi connectivity index (χ1) is 6.58. The molecule has 0 aliphatic carbocycles. The van der Waals surface area contributed by atoms with Gasteiger partial charge in [-0.15, -0.1) is 10.8 Å². The van der Waals surface area contributed by atoms with Crippen molar-refractivity contribution < 1.29 is 9.11 Å². The minimum absolute atomic E-state index is 0.0983. The quantitative estimate of drug-likeness (QED) is 0.672. The lowest BCUT2D eigenvalue weighted by molar-refractivity contribution is 0.478. The predicted octanol–water partition coefficient (Wildman–Crippen LogP) is 2.70. The first-order valence-electron chi connectivity index (χ1n) is 4.67. The van der Waals surface area contributed by atoms with Gasteiger partial charge in [0, 0.05) is 0 Å². The van der Waals surface area contributed by atoms with E-state index in [9.17, 15) is 9.11 Å². The Morgan fingerprint density at radius 2 is 2.07 bits per heavy atom. The molecule has 1 unspecified atom stereocenters. The summed E-state index contributed by atoms with van der Waals surface area (Å²) in [5.74, 6) is 0.464. The van der Waals surface area contributed by atoms with Gasteiger partial charge in [0.05, 0.1) is 11.8 Å². The molecule has 1 fully saturated rings. The van der Waals surface area contributed by atoms with Crippen LogP contribution in [0.15, 0.2) is 24.3 Å². The van der Waals surface area contributed by atoms with Crippen LogP contribution in [-0.2, 0) is 0 Å². The third-order valence-electron chi connectivity index (χ3n) is 2.59. The minimum atomic E-state index is -2.51. The van der Waals surface area contributed by atoms with E-state index in [1.165, 1.54) is 11.1 Å². The van der Waals surface area contributed by atoms with Crippen LogP contribution in [0.3, 0.4) is 0 Å². The molecule has 0 amide bonds. The van der Waals surface area contributed by atoms with Gasteiger partial charge in [0.25, 0.3) is 0 Å². The average molecular weight is 213 g/mol. The highest BCUT2D eigenvalue weighted by Gasteiger charge is 2.28. The average Bonchev–Trinajstić information content (AvgIpc) is 2.47. The fourth-order valence-electron chi connectivity index (χ4n) is 1.82. The van der Waals surface area contributed by atoms with E-state index in [1.807, 2.05) is 31.2 Å². The SMILES string of the molecule is Cc1ccccc1C1CCS(O)(O)N1. The van der Waals surface area contributed by atoms with Crippen LogP contribution in [0.4, 0.5) is 0 Å². The monoisotopic (exact) mass is 213 g/mol. The van der Waals surface area contributed by atoms with Crippen molar-refractivity contribution in [2.75, 3.05) is 5.75 Å². The summed E-state index contributed by atoms with van der Waals surface area (Å²) in [7, 11) is -2.51. The van der Waals surface area contributed by atoms with Crippen LogP contribution < -0.4 is 4.72 Å². The van der Waals surface area contributed by atoms with E-state index in [0.29, 0.717) is 5.75 Å². The zero-order chi connectivity index (χ0) is 10.2. The second-order valence-corrected chi connectivity index (χ2v) is 5.66. The van der Waals surface area contributed by atoms with Gasteiger partial charge < -0.3 is 0 Å². The molecule has 3 nitrogen and oxygen atoms in total. The van der Waals surface area contributed by atoms with Crippen LogP contribution in [0.25, 0.3) is 0 Å². The Bertz CT molecular complexity index is 341. The molecule has 1 saturated heterocycles. The van der Waals surface area contributed by atoms with Crippen molar-refractivity contribution in [3.05, 3.63) is 35.4 Å². The van der Waals surface area contributed by atoms with Gasteiger partial charge in [0.2, 0.25) is 0 Å². The van der Waals surface area contributed by atoms with Crippen LogP contribution >= 0.6 is 10.8 Å². The lowest BCUT2D eigenvalue weighted by atomic mass is 10.0. The molecule has 1 heterocycles. The second kappa shape index (κ2) is 3.55. The molecule has 14 heavy (non-hydrogen) atoms. The predicted molar refractivity (Wildman–Crippen MR) is 59.4 cm³/mol. The number of benzene rings is 1. The fourth-order valence-corrected chi connectivity index (χ4v) is 3.21. The molecule has 1 atom stereocenters. The van der Waals surface area contributed by atoms with Gasteiger partial charge >= 0.3 is 0 Å². The van der Waals surface area contributed by atoms with Crippen LogP contribution in [0, 0.1) is 6.92 Å². The molecular weight excluding hydrogens is 198 g/mol. The van der Waals surface area contributed by atoms with Gasteiger partial charge in [-0.25, -0.2) is 4.72 Å². The van der Waals surface area contributed by atoms with Crippen LogP contribution in [0.5, 0.6) is 0 Å². The number of rotatable bonds is 1. The van der Waals surface area contributed by atoms with Crippen molar-refractivity contribution in [2.45, 2.75) is 19.4 Å². The molecule has 1 aromatic carbocycles. The number of hydrogen-bond acceptors (Lipinski definition) is 3. The van der Waals surface area contributed by atoms with Gasteiger partial charge in [-0.05, 0) is 24.5 Å². The van der Waals surface area contributed by atoms with E-state index in [1.54, 1.807) is 0 Å². The topological polar surface area (TPSA) is 52.5 Å². The Morgan fingerprint density at radius 1 is 1.36 bits per heavy atom. The van der Waals surface area contributed by atoms with Gasteiger partial charge in [0.15, 0.2) is 0 Å². The summed E-state index contributed by atoms with van der Waals surface area (Å²) < 4.78 is 21.8. The van der Waals surface area contributed by atoms with Crippen LogP contribution in [0.1, 0.15) is 23.6 Å². The zero-order valence-electron chi connectivity index (χ0n) is 8.10. The molecule has 2 rings (SSSR count). The number of nitrogens with one attached hydrogen (secondary N) is 1. The smallest absolute Gasteiger partial charge is 0.0547 e. The van der Waals surface area contributed by atoms with Crippen LogP contribution in [-0.4, -0.2) is 14.9 Å². The second-order valence-electron chi connectivity index (χ2n) is 3.69. The number of aryl methyl sites for hydroxylation is 1. The van der Waals surface area contributed by atoms with E-state index in [-0.39, 0.29) is 6.04 Å². The zero-order valence-corrected chi connectivity index (χ0v) is 8.92. The van der Waals surface area contributed by atoms with Gasteiger partial charge in [0.1, 0.15) is 0 Å². The Kier molecular flexibility index (Phi) is 2.53. The molecule has 1 aliphatic heterocycles. The molecule has 0 saturated carbocycles. The molecule has 4 heteroatoms. The molecule has 1 aliphatic rings. The summed E-state index contributed by atoms with van der Waals surface area (Å²) in [6.07, 6.45) is 0.799. The van der Waals surface area contributed by atoms with Gasteiger partial charge in [-0.3, -0.25) is 9.11 Å². The van der Waals surface area contributed by atoms with Crippen LogP contribution in [0.2, 0.25) is 0 Å². The molecule has 0 aromatic heterocycles. The molecule has 3 N–H and O–H groups in total. The van der Waals surface area contributed by atoms with E-state index in [4.69, 9.17) is 0 Å². The Balaban J connectivity index is 2.22. The van der Waals surface area contributed by atoms with E-state index < -0.39 is 10.8 Å². The summed E-state index contributed by atoms with van der Waals surface area (Å²) in [6, 6.07) is 8.15. The van der Waals surface area contributed by atoms with Gasteiger partial charge in [-0.2, -0.15) is 0 Å². The molecule has 0 bridgehead atoms. The maximum atomic E-state index is 9.44. The van der Waals surface area contributed by atoms with Crippen molar-refractivity contribution in [3.63, 3.8) is 0 Å². The molecule has 0 spiro atoms. The van der Waals surface area contributed by atoms with Crippen molar-refractivity contribution in [1.29, 1.82) is 0 Å². The summed E-state index contributed by atoms with van der Waals surface area (Å²) in [6.45, 7) is 2.04. The summed E-state index contributed by atoms with van der Waals surface area (Å²) in [5.41, 5.74) is 2.37. The summed E-state index contributed by atoms with van der Waals surface area (Å²) >= 11 is 0. The van der Waals surface area contributed by atoms with E-state index >= 15 is 0 Å². The third-order valence-corrected chi connectivity index (χ3v) is 4.05. The first kappa shape index (κ1) is 9.98. The highest BCUT2D eigenvalue weighted by Crippen LogP contribution is 2.46. The Morgan fingerprint density at radius 3 is 2.64 bits per heavy atom. The van der Waals surface area contributed by atoms with Crippen molar-refractivity contribution in [3.8, 4) is 0 Å². The van der Waals surface area contributed by atoms with E-state index in [0.717, 1.165) is 6.42 Å². The molecule has 78 valence electrons. The molecular formula is C10H15NO2S. The van der Waals surface area contributed by atoms with E-state index in [2.05, 4.69) is 4.72 Å². The fraction of sp³-hybridized carbons (Fsp3) is 0.400. The Labute approximate surface area is 85.6 Å². The van der Waals surface area contributed by atoms with Crippen molar-refractivity contribution >= 4 is 10.8 Å². The van der Waals surface area contributed by atoms with Crippen molar-refractivity contribution in [1.82, 2.24) is 4.72 Å². The lowest BCUT2D eigenvalue weighted by Gasteiger charge is -2.27. The Hall–Kier alpha value is -0.550. The summed E-state index contributed by atoms with van der Waals surface area (Å²) in [4.78, 5) is 0. The maximum Gasteiger partial charge on any atom is 0.0547 e. The lowest BCUT2D eigenvalue weighted by Crippen LogP contribution is -2.17. The highest BCUT2D eigenvalue weighted by atomic mass is 32.3. The number of hydrogen-bond donors (Lipinski definition) is 3. The first-order valence-corrected chi connectivity index (χ1v) is 6.39. The van der Waals surface area contributed by atoms with Crippen molar-refractivity contribution in [2.24, 2.45) is 0 Å². The largest absolute Gasteiger partial charge is 0.286 e. The minimum Gasteiger partial charge on any atom is -0.286 e. The normalized spacial score (nSPS) is 27.5. The molecule has 0 radical (unpaired) electrons. The third kappa shape index (κ3) is 1.93.